The van der Waals surface area contributed by atoms with E-state index in [2.05, 4.69) is 5.32 Å². The molecule has 5 heteroatoms. The smallest absolute Gasteiger partial charge is 0.149 e. The molecule has 0 radical (unpaired) electrons. The van der Waals surface area contributed by atoms with Gasteiger partial charge in [-0.3, -0.25) is 0 Å². The first kappa shape index (κ1) is 16.2. The van der Waals surface area contributed by atoms with Crippen molar-refractivity contribution in [2.24, 2.45) is 5.92 Å². The van der Waals surface area contributed by atoms with Crippen LogP contribution in [0.4, 0.5) is 14.5 Å². The van der Waals surface area contributed by atoms with Crippen molar-refractivity contribution >= 4 is 5.69 Å². The van der Waals surface area contributed by atoms with Crippen molar-refractivity contribution in [3.8, 4) is 0 Å². The van der Waals surface area contributed by atoms with E-state index in [1.807, 2.05) is 6.92 Å². The average Bonchev–Trinajstić information content (AvgIpc) is 3.24. The third-order valence-electron chi connectivity index (χ3n) is 3.66. The summed E-state index contributed by atoms with van der Waals surface area (Å²) in [5, 5.41) is 3.06. The molecule has 0 aliphatic heterocycles. The second-order valence-electron chi connectivity index (χ2n) is 5.63. The minimum Gasteiger partial charge on any atom is -0.379 e. The molecule has 1 aromatic rings. The highest BCUT2D eigenvalue weighted by Gasteiger charge is 2.21. The van der Waals surface area contributed by atoms with E-state index in [9.17, 15) is 8.78 Å². The lowest BCUT2D eigenvalue weighted by atomic mass is 10.1. The number of anilines is 1. The molecule has 0 atom stereocenters. The number of halogens is 2. The molecule has 0 heterocycles. The van der Waals surface area contributed by atoms with Crippen LogP contribution >= 0.6 is 0 Å². The molecule has 1 aromatic carbocycles. The van der Waals surface area contributed by atoms with Crippen LogP contribution in [0.15, 0.2) is 12.1 Å². The SMILES string of the molecule is CCNCc1cc(F)c(N(C)CCOCC2CC2)c(F)c1. The van der Waals surface area contributed by atoms with Crippen LogP contribution in [-0.2, 0) is 11.3 Å². The van der Waals surface area contributed by atoms with E-state index in [0.717, 1.165) is 13.2 Å². The lowest BCUT2D eigenvalue weighted by Gasteiger charge is -2.21. The maximum absolute atomic E-state index is 14.1. The first-order valence-corrected chi connectivity index (χ1v) is 7.59. The minimum absolute atomic E-state index is 0.0188. The van der Waals surface area contributed by atoms with Gasteiger partial charge in [0, 0.05) is 26.7 Å². The molecule has 1 aliphatic rings. The van der Waals surface area contributed by atoms with Crippen LogP contribution in [-0.4, -0.2) is 33.4 Å². The number of nitrogens with zero attached hydrogens (tertiary/aromatic N) is 1. The van der Waals surface area contributed by atoms with Crippen molar-refractivity contribution in [1.29, 1.82) is 0 Å². The molecule has 0 amide bonds. The van der Waals surface area contributed by atoms with Crippen LogP contribution in [0.2, 0.25) is 0 Å². The van der Waals surface area contributed by atoms with Gasteiger partial charge in [-0.2, -0.15) is 0 Å². The molecule has 1 saturated carbocycles. The van der Waals surface area contributed by atoms with Gasteiger partial charge in [-0.05, 0) is 43.0 Å². The Morgan fingerprint density at radius 3 is 2.52 bits per heavy atom. The van der Waals surface area contributed by atoms with Crippen molar-refractivity contribution in [3.63, 3.8) is 0 Å². The van der Waals surface area contributed by atoms with Gasteiger partial charge in [0.05, 0.1) is 6.61 Å². The summed E-state index contributed by atoms with van der Waals surface area (Å²) in [6, 6.07) is 2.78. The summed E-state index contributed by atoms with van der Waals surface area (Å²) >= 11 is 0. The van der Waals surface area contributed by atoms with E-state index in [1.165, 1.54) is 25.0 Å². The zero-order valence-corrected chi connectivity index (χ0v) is 12.8. The van der Waals surface area contributed by atoms with Gasteiger partial charge in [0.15, 0.2) is 0 Å². The summed E-state index contributed by atoms with van der Waals surface area (Å²) in [5.74, 6) is -0.339. The van der Waals surface area contributed by atoms with Crippen molar-refractivity contribution in [3.05, 3.63) is 29.3 Å². The number of ether oxygens (including phenoxy) is 1. The van der Waals surface area contributed by atoms with Crippen LogP contribution in [0.5, 0.6) is 0 Å². The first-order valence-electron chi connectivity index (χ1n) is 7.59. The Morgan fingerprint density at radius 2 is 1.95 bits per heavy atom. The molecule has 2 rings (SSSR count). The lowest BCUT2D eigenvalue weighted by molar-refractivity contribution is 0.130. The molecule has 0 unspecified atom stereocenters. The second kappa shape index (κ2) is 7.71. The quantitative estimate of drug-likeness (QED) is 0.709. The maximum atomic E-state index is 14.1. The Labute approximate surface area is 125 Å². The largest absolute Gasteiger partial charge is 0.379 e. The normalized spacial score (nSPS) is 14.5. The van der Waals surface area contributed by atoms with Gasteiger partial charge in [0.2, 0.25) is 0 Å². The fourth-order valence-corrected chi connectivity index (χ4v) is 2.20. The van der Waals surface area contributed by atoms with E-state index >= 15 is 0 Å². The summed E-state index contributed by atoms with van der Waals surface area (Å²) < 4.78 is 33.7. The van der Waals surface area contributed by atoms with Gasteiger partial charge in [0.25, 0.3) is 0 Å². The molecule has 0 spiro atoms. The number of rotatable bonds is 9. The molecule has 0 aromatic heterocycles. The Bertz CT molecular complexity index is 441. The minimum atomic E-state index is -0.521. The Kier molecular flexibility index (Phi) is 5.94. The van der Waals surface area contributed by atoms with E-state index in [0.29, 0.717) is 31.2 Å². The number of likely N-dealkylation sites (N-methyl/N-ethyl adjacent to an activating group) is 1. The number of hydrogen-bond acceptors (Lipinski definition) is 3. The third kappa shape index (κ3) is 4.93. The molecule has 21 heavy (non-hydrogen) atoms. The van der Waals surface area contributed by atoms with Gasteiger partial charge < -0.3 is 15.0 Å². The van der Waals surface area contributed by atoms with Crippen LogP contribution in [0, 0.1) is 17.6 Å². The number of hydrogen-bond donors (Lipinski definition) is 1. The Morgan fingerprint density at radius 1 is 1.29 bits per heavy atom. The Hall–Kier alpha value is -1.20. The monoisotopic (exact) mass is 298 g/mol. The summed E-state index contributed by atoms with van der Waals surface area (Å²) in [4.78, 5) is 1.58. The molecule has 3 nitrogen and oxygen atoms in total. The van der Waals surface area contributed by atoms with Crippen LogP contribution in [0.1, 0.15) is 25.3 Å². The third-order valence-corrected chi connectivity index (χ3v) is 3.66. The molecule has 118 valence electrons. The highest BCUT2D eigenvalue weighted by atomic mass is 19.1. The highest BCUT2D eigenvalue weighted by Crippen LogP contribution is 2.29. The van der Waals surface area contributed by atoms with Gasteiger partial charge in [-0.25, -0.2) is 8.78 Å². The fraction of sp³-hybridized carbons (Fsp3) is 0.625. The van der Waals surface area contributed by atoms with Gasteiger partial charge in [-0.15, -0.1) is 0 Å². The molecule has 1 N–H and O–H groups in total. The molecule has 1 fully saturated rings. The summed E-state index contributed by atoms with van der Waals surface area (Å²) in [7, 11) is 1.69. The standard InChI is InChI=1S/C16H24F2N2O/c1-3-19-10-13-8-14(17)16(15(18)9-13)20(2)6-7-21-11-12-4-5-12/h8-9,12,19H,3-7,10-11H2,1-2H3. The second-order valence-corrected chi connectivity index (χ2v) is 5.63. The van der Waals surface area contributed by atoms with E-state index in [4.69, 9.17) is 4.74 Å². The van der Waals surface area contributed by atoms with Crippen molar-refractivity contribution in [1.82, 2.24) is 5.32 Å². The highest BCUT2D eigenvalue weighted by molar-refractivity contribution is 5.50. The maximum Gasteiger partial charge on any atom is 0.149 e. The lowest BCUT2D eigenvalue weighted by Crippen LogP contribution is -2.25. The summed E-state index contributed by atoms with van der Waals surface area (Å²) in [6.45, 7) is 4.93. The Balaban J connectivity index is 1.90. The van der Waals surface area contributed by atoms with Crippen molar-refractivity contribution in [2.75, 3.05) is 38.3 Å². The zero-order valence-electron chi connectivity index (χ0n) is 12.8. The summed E-state index contributed by atoms with van der Waals surface area (Å²) in [6.07, 6.45) is 2.48. The number of nitrogens with one attached hydrogen (secondary N) is 1. The van der Waals surface area contributed by atoms with E-state index in [-0.39, 0.29) is 5.69 Å². The van der Waals surface area contributed by atoms with Crippen LogP contribution in [0.3, 0.4) is 0 Å². The van der Waals surface area contributed by atoms with Crippen molar-refractivity contribution in [2.45, 2.75) is 26.3 Å². The van der Waals surface area contributed by atoms with Crippen molar-refractivity contribution < 1.29 is 13.5 Å². The zero-order chi connectivity index (χ0) is 15.2. The predicted octanol–water partition coefficient (Wildman–Crippen LogP) is 2.94. The molecule has 0 saturated heterocycles. The first-order chi connectivity index (χ1) is 10.1. The predicted molar refractivity (Wildman–Crippen MR) is 80.6 cm³/mol. The van der Waals surface area contributed by atoms with Gasteiger partial charge in [-0.1, -0.05) is 6.92 Å². The molecule has 1 aliphatic carbocycles. The fourth-order valence-electron chi connectivity index (χ4n) is 2.20. The van der Waals surface area contributed by atoms with E-state index in [1.54, 1.807) is 11.9 Å². The number of benzene rings is 1. The van der Waals surface area contributed by atoms with Gasteiger partial charge in [0.1, 0.15) is 17.3 Å². The molecule has 0 bridgehead atoms. The topological polar surface area (TPSA) is 24.5 Å². The molecular weight excluding hydrogens is 274 g/mol. The average molecular weight is 298 g/mol. The van der Waals surface area contributed by atoms with Crippen LogP contribution in [0.25, 0.3) is 0 Å². The molecular formula is C16H24F2N2O. The van der Waals surface area contributed by atoms with E-state index < -0.39 is 11.6 Å². The summed E-state index contributed by atoms with van der Waals surface area (Å²) in [5.41, 5.74) is 0.638. The van der Waals surface area contributed by atoms with Crippen LogP contribution < -0.4 is 10.2 Å². The van der Waals surface area contributed by atoms with Gasteiger partial charge >= 0.3 is 0 Å².